The van der Waals surface area contributed by atoms with E-state index in [9.17, 15) is 0 Å². The number of rotatable bonds is 1. The average Bonchev–Trinajstić information content (AvgIpc) is 2.27. The van der Waals surface area contributed by atoms with Gasteiger partial charge in [-0.2, -0.15) is 0 Å². The van der Waals surface area contributed by atoms with Crippen LogP contribution in [0.15, 0.2) is 0 Å². The first-order valence-corrected chi connectivity index (χ1v) is 7.75. The lowest BCUT2D eigenvalue weighted by Crippen LogP contribution is -2.51. The summed E-state index contributed by atoms with van der Waals surface area (Å²) in [4.78, 5) is 2.69. The molecule has 0 radical (unpaired) electrons. The molecule has 1 aliphatic heterocycles. The Kier molecular flexibility index (Phi) is 4.38. The molecule has 2 atom stereocenters. The number of morpholine rings is 1. The lowest BCUT2D eigenvalue weighted by Gasteiger charge is -2.44. The van der Waals surface area contributed by atoms with Gasteiger partial charge in [-0.3, -0.25) is 4.90 Å². The van der Waals surface area contributed by atoms with Gasteiger partial charge in [0.05, 0.1) is 12.2 Å². The van der Waals surface area contributed by atoms with Gasteiger partial charge in [0.15, 0.2) is 0 Å². The van der Waals surface area contributed by atoms with Gasteiger partial charge < -0.3 is 4.74 Å². The van der Waals surface area contributed by atoms with Crippen LogP contribution in [-0.4, -0.2) is 36.2 Å². The molecule has 0 aromatic carbocycles. The zero-order valence-corrected chi connectivity index (χ0v) is 12.9. The lowest BCUT2D eigenvalue weighted by atomic mass is 9.71. The Labute approximate surface area is 113 Å². The van der Waals surface area contributed by atoms with Crippen molar-refractivity contribution in [1.29, 1.82) is 0 Å². The van der Waals surface area contributed by atoms with Crippen LogP contribution < -0.4 is 0 Å². The first-order valence-electron chi connectivity index (χ1n) is 7.75. The van der Waals surface area contributed by atoms with Crippen molar-refractivity contribution < 1.29 is 4.74 Å². The molecule has 1 heterocycles. The van der Waals surface area contributed by atoms with Crippen molar-refractivity contribution in [3.8, 4) is 0 Å². The van der Waals surface area contributed by atoms with Gasteiger partial charge in [0, 0.05) is 19.1 Å². The largest absolute Gasteiger partial charge is 0.373 e. The molecule has 2 aliphatic rings. The van der Waals surface area contributed by atoms with E-state index < -0.39 is 0 Å². The third-order valence-electron chi connectivity index (χ3n) is 4.89. The Morgan fingerprint density at radius 3 is 1.83 bits per heavy atom. The number of nitrogens with zero attached hydrogens (tertiary/aromatic N) is 1. The topological polar surface area (TPSA) is 12.5 Å². The van der Waals surface area contributed by atoms with E-state index in [1.807, 2.05) is 0 Å². The van der Waals surface area contributed by atoms with E-state index in [1.54, 1.807) is 0 Å². The number of hydrogen-bond acceptors (Lipinski definition) is 2. The summed E-state index contributed by atoms with van der Waals surface area (Å²) in [5.74, 6) is 0.921. The normalized spacial score (nSPS) is 39.8. The smallest absolute Gasteiger partial charge is 0.0678 e. The van der Waals surface area contributed by atoms with Crippen molar-refractivity contribution in [2.24, 2.45) is 11.3 Å². The fourth-order valence-electron chi connectivity index (χ4n) is 3.82. The molecule has 2 heteroatoms. The molecule has 2 rings (SSSR count). The highest BCUT2D eigenvalue weighted by atomic mass is 16.5. The summed E-state index contributed by atoms with van der Waals surface area (Å²) in [5, 5.41) is 0. The van der Waals surface area contributed by atoms with Crippen LogP contribution in [0.25, 0.3) is 0 Å². The van der Waals surface area contributed by atoms with Crippen molar-refractivity contribution >= 4 is 0 Å². The minimum Gasteiger partial charge on any atom is -0.373 e. The third-order valence-corrected chi connectivity index (χ3v) is 4.89. The monoisotopic (exact) mass is 253 g/mol. The summed E-state index contributed by atoms with van der Waals surface area (Å²) >= 11 is 0. The highest BCUT2D eigenvalue weighted by molar-refractivity contribution is 4.87. The molecule has 1 aliphatic carbocycles. The van der Waals surface area contributed by atoms with Gasteiger partial charge in [0.25, 0.3) is 0 Å². The molecule has 0 aromatic heterocycles. The van der Waals surface area contributed by atoms with E-state index in [0.29, 0.717) is 17.6 Å². The van der Waals surface area contributed by atoms with Crippen molar-refractivity contribution in [1.82, 2.24) is 4.90 Å². The molecule has 0 spiro atoms. The van der Waals surface area contributed by atoms with Gasteiger partial charge in [-0.15, -0.1) is 0 Å². The molecule has 1 saturated heterocycles. The van der Waals surface area contributed by atoms with Crippen molar-refractivity contribution in [3.63, 3.8) is 0 Å². The Hall–Kier alpha value is -0.0800. The fourth-order valence-corrected chi connectivity index (χ4v) is 3.82. The summed E-state index contributed by atoms with van der Waals surface area (Å²) in [6.07, 6.45) is 6.42. The van der Waals surface area contributed by atoms with Gasteiger partial charge >= 0.3 is 0 Å². The molecule has 106 valence electrons. The summed E-state index contributed by atoms with van der Waals surface area (Å²) in [5.41, 5.74) is 0.497. The fraction of sp³-hybridized carbons (Fsp3) is 1.00. The first-order chi connectivity index (χ1) is 8.36. The van der Waals surface area contributed by atoms with Crippen LogP contribution in [0.1, 0.15) is 60.3 Å². The van der Waals surface area contributed by atoms with Crippen LogP contribution in [-0.2, 0) is 4.74 Å². The molecule has 0 bridgehead atoms. The third kappa shape index (κ3) is 3.48. The van der Waals surface area contributed by atoms with Crippen LogP contribution in [0.2, 0.25) is 0 Å². The zero-order chi connectivity index (χ0) is 13.3. The van der Waals surface area contributed by atoms with Crippen molar-refractivity contribution in [3.05, 3.63) is 0 Å². The standard InChI is InChI=1S/C16H31NO/c1-12-10-17(11-13(2)18-12)15-8-6-14(7-9-15)16(3,4)5/h12-15H,6-11H2,1-5H3. The van der Waals surface area contributed by atoms with E-state index in [0.717, 1.165) is 25.0 Å². The van der Waals surface area contributed by atoms with E-state index >= 15 is 0 Å². The predicted octanol–water partition coefficient (Wildman–Crippen LogP) is 3.70. The first kappa shape index (κ1) is 14.3. The van der Waals surface area contributed by atoms with Gasteiger partial charge in [-0.25, -0.2) is 0 Å². The second-order valence-electron chi connectivity index (χ2n) is 7.58. The van der Waals surface area contributed by atoms with Gasteiger partial charge in [-0.1, -0.05) is 20.8 Å². The molecule has 2 fully saturated rings. The minimum atomic E-state index is 0.411. The zero-order valence-electron chi connectivity index (χ0n) is 12.9. The second-order valence-corrected chi connectivity index (χ2v) is 7.58. The van der Waals surface area contributed by atoms with Gasteiger partial charge in [0.1, 0.15) is 0 Å². The van der Waals surface area contributed by atoms with E-state index in [4.69, 9.17) is 4.74 Å². The summed E-state index contributed by atoms with van der Waals surface area (Å²) < 4.78 is 5.84. The van der Waals surface area contributed by atoms with E-state index in [-0.39, 0.29) is 0 Å². The van der Waals surface area contributed by atoms with Crippen LogP contribution in [0, 0.1) is 11.3 Å². The van der Waals surface area contributed by atoms with Crippen LogP contribution >= 0.6 is 0 Å². The molecule has 0 amide bonds. The average molecular weight is 253 g/mol. The molecular weight excluding hydrogens is 222 g/mol. The maximum atomic E-state index is 5.84. The highest BCUT2D eigenvalue weighted by Gasteiger charge is 2.34. The van der Waals surface area contributed by atoms with Crippen molar-refractivity contribution in [2.45, 2.75) is 78.6 Å². The Bertz CT molecular complexity index is 253. The van der Waals surface area contributed by atoms with Crippen LogP contribution in [0.4, 0.5) is 0 Å². The maximum absolute atomic E-state index is 5.84. The van der Waals surface area contributed by atoms with Gasteiger partial charge in [0.2, 0.25) is 0 Å². The summed E-state index contributed by atoms with van der Waals surface area (Å²) in [6, 6.07) is 0.817. The molecule has 1 saturated carbocycles. The maximum Gasteiger partial charge on any atom is 0.0678 e. The van der Waals surface area contributed by atoms with Crippen LogP contribution in [0.3, 0.4) is 0 Å². The molecule has 2 nitrogen and oxygen atoms in total. The molecule has 18 heavy (non-hydrogen) atoms. The second kappa shape index (κ2) is 5.50. The Balaban J connectivity index is 1.86. The number of hydrogen-bond donors (Lipinski definition) is 0. The Morgan fingerprint density at radius 1 is 0.889 bits per heavy atom. The molecule has 0 N–H and O–H groups in total. The van der Waals surface area contributed by atoms with E-state index in [2.05, 4.69) is 39.5 Å². The summed E-state index contributed by atoms with van der Waals surface area (Å²) in [7, 11) is 0. The summed E-state index contributed by atoms with van der Waals surface area (Å²) in [6.45, 7) is 13.9. The van der Waals surface area contributed by atoms with E-state index in [1.165, 1.54) is 25.7 Å². The predicted molar refractivity (Wildman–Crippen MR) is 76.8 cm³/mol. The molecule has 0 aromatic rings. The van der Waals surface area contributed by atoms with Crippen LogP contribution in [0.5, 0.6) is 0 Å². The molecular formula is C16H31NO. The van der Waals surface area contributed by atoms with Crippen molar-refractivity contribution in [2.75, 3.05) is 13.1 Å². The molecule has 2 unspecified atom stereocenters. The highest BCUT2D eigenvalue weighted by Crippen LogP contribution is 2.39. The van der Waals surface area contributed by atoms with Gasteiger partial charge in [-0.05, 0) is 50.9 Å². The quantitative estimate of drug-likeness (QED) is 0.706. The minimum absolute atomic E-state index is 0.411. The number of ether oxygens (including phenoxy) is 1. The Morgan fingerprint density at radius 2 is 1.39 bits per heavy atom. The lowest BCUT2D eigenvalue weighted by molar-refractivity contribution is -0.0868. The SMILES string of the molecule is CC1CN(C2CCC(C(C)(C)C)CC2)CC(C)O1.